The second-order valence-corrected chi connectivity index (χ2v) is 4.92. The van der Waals surface area contributed by atoms with E-state index in [1.54, 1.807) is 13.2 Å². The van der Waals surface area contributed by atoms with E-state index in [1.165, 1.54) is 12.1 Å². The first-order valence-corrected chi connectivity index (χ1v) is 6.32. The van der Waals surface area contributed by atoms with Crippen LogP contribution < -0.4 is 4.90 Å². The Hall–Kier alpha value is -1.13. The van der Waals surface area contributed by atoms with Crippen molar-refractivity contribution in [2.75, 3.05) is 25.1 Å². The zero-order valence-electron chi connectivity index (χ0n) is 10.9. The molecule has 1 aromatic rings. The summed E-state index contributed by atoms with van der Waals surface area (Å²) < 4.78 is 18.6. The number of hydrogen-bond acceptors (Lipinski definition) is 3. The van der Waals surface area contributed by atoms with E-state index in [-0.39, 0.29) is 18.5 Å². The monoisotopic (exact) mass is 253 g/mol. The third-order valence-corrected chi connectivity index (χ3v) is 3.74. The van der Waals surface area contributed by atoms with Crippen molar-refractivity contribution in [3.8, 4) is 0 Å². The van der Waals surface area contributed by atoms with Crippen molar-refractivity contribution in [2.24, 2.45) is 5.92 Å². The molecule has 1 aliphatic heterocycles. The molecule has 0 saturated carbocycles. The summed E-state index contributed by atoms with van der Waals surface area (Å²) in [5.41, 5.74) is 1.55. The number of methoxy groups -OCH3 is 1. The molecule has 100 valence electrons. The fraction of sp³-hybridized carbons (Fsp3) is 0.571. The highest BCUT2D eigenvalue weighted by Crippen LogP contribution is 2.28. The minimum Gasteiger partial charge on any atom is -0.392 e. The molecule has 1 N–H and O–H groups in total. The van der Waals surface area contributed by atoms with Gasteiger partial charge >= 0.3 is 0 Å². The molecule has 1 saturated heterocycles. The number of nitrogens with zero attached hydrogens (tertiary/aromatic N) is 1. The van der Waals surface area contributed by atoms with Gasteiger partial charge in [0, 0.05) is 31.5 Å². The van der Waals surface area contributed by atoms with E-state index < -0.39 is 0 Å². The van der Waals surface area contributed by atoms with Crippen LogP contribution in [-0.4, -0.2) is 31.4 Å². The van der Waals surface area contributed by atoms with Crippen molar-refractivity contribution in [3.05, 3.63) is 29.6 Å². The number of ether oxygens (including phenoxy) is 1. The lowest BCUT2D eigenvalue weighted by molar-refractivity contribution is 0.0497. The Labute approximate surface area is 107 Å². The Morgan fingerprint density at radius 1 is 1.50 bits per heavy atom. The SMILES string of the molecule is COC1CN(c2ccc(F)cc2CO)CCC1C. The van der Waals surface area contributed by atoms with Crippen LogP contribution in [0, 0.1) is 11.7 Å². The molecule has 0 spiro atoms. The molecule has 1 aromatic carbocycles. The van der Waals surface area contributed by atoms with Crippen LogP contribution in [0.5, 0.6) is 0 Å². The van der Waals surface area contributed by atoms with Gasteiger partial charge < -0.3 is 14.7 Å². The molecule has 2 rings (SSSR count). The maximum atomic E-state index is 13.2. The molecule has 0 amide bonds. The van der Waals surface area contributed by atoms with Crippen molar-refractivity contribution in [1.29, 1.82) is 0 Å². The maximum Gasteiger partial charge on any atom is 0.123 e. The van der Waals surface area contributed by atoms with Gasteiger partial charge in [-0.05, 0) is 30.5 Å². The number of aliphatic hydroxyl groups is 1. The largest absolute Gasteiger partial charge is 0.392 e. The van der Waals surface area contributed by atoms with Crippen LogP contribution in [0.15, 0.2) is 18.2 Å². The van der Waals surface area contributed by atoms with E-state index in [1.807, 2.05) is 0 Å². The Morgan fingerprint density at radius 2 is 2.28 bits per heavy atom. The number of halogens is 1. The molecular weight excluding hydrogens is 233 g/mol. The van der Waals surface area contributed by atoms with Gasteiger partial charge in [0.05, 0.1) is 12.7 Å². The molecule has 18 heavy (non-hydrogen) atoms. The topological polar surface area (TPSA) is 32.7 Å². The zero-order valence-corrected chi connectivity index (χ0v) is 10.9. The zero-order chi connectivity index (χ0) is 13.1. The summed E-state index contributed by atoms with van der Waals surface area (Å²) in [6, 6.07) is 4.58. The van der Waals surface area contributed by atoms with E-state index in [0.29, 0.717) is 11.5 Å². The molecule has 1 fully saturated rings. The number of hydrogen-bond donors (Lipinski definition) is 1. The normalized spacial score (nSPS) is 24.3. The molecule has 1 aliphatic rings. The third-order valence-electron chi connectivity index (χ3n) is 3.74. The molecule has 0 aliphatic carbocycles. The Morgan fingerprint density at radius 3 is 2.94 bits per heavy atom. The summed E-state index contributed by atoms with van der Waals surface area (Å²) in [5, 5.41) is 9.32. The van der Waals surface area contributed by atoms with Crippen LogP contribution in [-0.2, 0) is 11.3 Å². The van der Waals surface area contributed by atoms with Gasteiger partial charge in [0.25, 0.3) is 0 Å². The highest BCUT2D eigenvalue weighted by molar-refractivity contribution is 5.54. The van der Waals surface area contributed by atoms with Crippen LogP contribution in [0.1, 0.15) is 18.9 Å². The van der Waals surface area contributed by atoms with Crippen LogP contribution in [0.25, 0.3) is 0 Å². The lowest BCUT2D eigenvalue weighted by Gasteiger charge is -2.38. The Kier molecular flexibility index (Phi) is 4.19. The van der Waals surface area contributed by atoms with Gasteiger partial charge in [0.15, 0.2) is 0 Å². The van der Waals surface area contributed by atoms with Crippen LogP contribution >= 0.6 is 0 Å². The van der Waals surface area contributed by atoms with Gasteiger partial charge in [-0.2, -0.15) is 0 Å². The lowest BCUT2D eigenvalue weighted by Crippen LogP contribution is -2.44. The summed E-state index contributed by atoms with van der Waals surface area (Å²) in [6.45, 7) is 3.75. The standard InChI is InChI=1S/C14H20FNO2/c1-10-5-6-16(8-14(10)18-2)13-4-3-12(15)7-11(13)9-17/h3-4,7,10,14,17H,5-6,8-9H2,1-2H3. The molecular formula is C14H20FNO2. The van der Waals surface area contributed by atoms with Gasteiger partial charge in [-0.1, -0.05) is 6.92 Å². The average Bonchev–Trinajstić information content (AvgIpc) is 2.39. The number of anilines is 1. The molecule has 0 aromatic heterocycles. The molecule has 0 radical (unpaired) electrons. The van der Waals surface area contributed by atoms with Crippen molar-refractivity contribution >= 4 is 5.69 Å². The number of aliphatic hydroxyl groups excluding tert-OH is 1. The van der Waals surface area contributed by atoms with Gasteiger partial charge in [-0.3, -0.25) is 0 Å². The molecule has 3 nitrogen and oxygen atoms in total. The predicted octanol–water partition coefficient (Wildman–Crippen LogP) is 2.18. The highest BCUT2D eigenvalue weighted by Gasteiger charge is 2.27. The van der Waals surface area contributed by atoms with Crippen LogP contribution in [0.4, 0.5) is 10.1 Å². The van der Waals surface area contributed by atoms with Crippen molar-refractivity contribution in [2.45, 2.75) is 26.1 Å². The summed E-state index contributed by atoms with van der Waals surface area (Å²) in [7, 11) is 1.72. The Bertz CT molecular complexity index is 411. The summed E-state index contributed by atoms with van der Waals surface area (Å²) in [6.07, 6.45) is 1.23. The quantitative estimate of drug-likeness (QED) is 0.896. The lowest BCUT2D eigenvalue weighted by atomic mass is 9.95. The summed E-state index contributed by atoms with van der Waals surface area (Å²) in [5.74, 6) is 0.223. The minimum atomic E-state index is -0.309. The van der Waals surface area contributed by atoms with E-state index in [9.17, 15) is 9.50 Å². The number of benzene rings is 1. The maximum absolute atomic E-state index is 13.2. The van der Waals surface area contributed by atoms with E-state index in [2.05, 4.69) is 11.8 Å². The first-order chi connectivity index (χ1) is 8.65. The van der Waals surface area contributed by atoms with Gasteiger partial charge in [-0.25, -0.2) is 4.39 Å². The van der Waals surface area contributed by atoms with E-state index in [0.717, 1.165) is 25.2 Å². The van der Waals surface area contributed by atoms with Crippen molar-refractivity contribution in [1.82, 2.24) is 0 Å². The molecule has 0 bridgehead atoms. The van der Waals surface area contributed by atoms with Crippen LogP contribution in [0.3, 0.4) is 0 Å². The second-order valence-electron chi connectivity index (χ2n) is 4.92. The third kappa shape index (κ3) is 2.65. The average molecular weight is 253 g/mol. The summed E-state index contributed by atoms with van der Waals surface area (Å²) >= 11 is 0. The van der Waals surface area contributed by atoms with Gasteiger partial charge in [0.1, 0.15) is 5.82 Å². The first-order valence-electron chi connectivity index (χ1n) is 6.32. The second kappa shape index (κ2) is 5.67. The molecule has 2 atom stereocenters. The Balaban J connectivity index is 2.21. The fourth-order valence-electron chi connectivity index (χ4n) is 2.55. The van der Waals surface area contributed by atoms with E-state index >= 15 is 0 Å². The summed E-state index contributed by atoms with van der Waals surface area (Å²) in [4.78, 5) is 2.17. The molecule has 4 heteroatoms. The minimum absolute atomic E-state index is 0.142. The molecule has 1 heterocycles. The first kappa shape index (κ1) is 13.3. The highest BCUT2D eigenvalue weighted by atomic mass is 19.1. The van der Waals surface area contributed by atoms with Gasteiger partial charge in [-0.15, -0.1) is 0 Å². The van der Waals surface area contributed by atoms with Crippen molar-refractivity contribution < 1.29 is 14.2 Å². The molecule has 2 unspecified atom stereocenters. The smallest absolute Gasteiger partial charge is 0.123 e. The fourth-order valence-corrected chi connectivity index (χ4v) is 2.55. The van der Waals surface area contributed by atoms with Gasteiger partial charge in [0.2, 0.25) is 0 Å². The van der Waals surface area contributed by atoms with E-state index in [4.69, 9.17) is 4.74 Å². The number of piperidine rings is 1. The predicted molar refractivity (Wildman–Crippen MR) is 69.1 cm³/mol. The van der Waals surface area contributed by atoms with Crippen LogP contribution in [0.2, 0.25) is 0 Å². The number of rotatable bonds is 3. The van der Waals surface area contributed by atoms with Crippen molar-refractivity contribution in [3.63, 3.8) is 0 Å².